The van der Waals surface area contributed by atoms with Crippen LogP contribution >= 0.6 is 15.9 Å². The van der Waals surface area contributed by atoms with Crippen molar-refractivity contribution >= 4 is 20.6 Å². The summed E-state index contributed by atoms with van der Waals surface area (Å²) in [4.78, 5) is 12.8. The van der Waals surface area contributed by atoms with Gasteiger partial charge in [-0.1, -0.05) is 0 Å². The van der Waals surface area contributed by atoms with Crippen LogP contribution < -0.4 is 5.32 Å². The Morgan fingerprint density at radius 2 is 2.31 bits per heavy atom. The number of nitrogens with one attached hydrogen (secondary N) is 1. The van der Waals surface area contributed by atoms with Gasteiger partial charge in [-0.05, 0) is 42.4 Å². The second-order valence-electron chi connectivity index (χ2n) is 4.17. The summed E-state index contributed by atoms with van der Waals surface area (Å²) in [5.74, 6) is -2.56. The van der Waals surface area contributed by atoms with Crippen LogP contribution in [0, 0.1) is 0 Å². The molecule has 1 unspecified atom stereocenters. The number of piperidine rings is 1. The number of likely N-dealkylation sites (tertiary alicyclic amines) is 1. The van der Waals surface area contributed by atoms with Crippen molar-refractivity contribution in [2.45, 2.75) is 31.2 Å². The molecule has 1 saturated heterocycles. The highest BCUT2D eigenvalue weighted by molar-refractivity contribution is 9.18. The zero-order valence-electron chi connectivity index (χ0n) is 9.31. The van der Waals surface area contributed by atoms with Crippen molar-refractivity contribution in [3.05, 3.63) is 0 Å². The van der Waals surface area contributed by atoms with E-state index in [-0.39, 0.29) is 23.7 Å². The molecule has 0 amide bonds. The minimum atomic E-state index is -2.56. The molecule has 0 aromatic carbocycles. The van der Waals surface area contributed by atoms with E-state index in [9.17, 15) is 13.6 Å². The van der Waals surface area contributed by atoms with Gasteiger partial charge in [0.15, 0.2) is 0 Å². The van der Waals surface area contributed by atoms with E-state index in [2.05, 4.69) is 21.2 Å². The maximum absolute atomic E-state index is 13.1. The molecule has 1 aliphatic rings. The molecule has 3 nitrogen and oxygen atoms in total. The SMILES string of the molecule is CNC(CCN1CCCC(F)(F)C1)C(=O)Br. The Hall–Kier alpha value is -0.0700. The van der Waals surface area contributed by atoms with Crippen LogP contribution in [0.15, 0.2) is 0 Å². The van der Waals surface area contributed by atoms with Crippen LogP contribution in [0.1, 0.15) is 19.3 Å². The van der Waals surface area contributed by atoms with E-state index < -0.39 is 5.92 Å². The van der Waals surface area contributed by atoms with Crippen molar-refractivity contribution in [2.75, 3.05) is 26.7 Å². The Morgan fingerprint density at radius 3 is 2.81 bits per heavy atom. The molecule has 1 atom stereocenters. The van der Waals surface area contributed by atoms with Gasteiger partial charge in [-0.15, -0.1) is 0 Å². The van der Waals surface area contributed by atoms with Gasteiger partial charge in [-0.3, -0.25) is 9.69 Å². The van der Waals surface area contributed by atoms with Gasteiger partial charge in [0, 0.05) is 13.0 Å². The molecular weight excluding hydrogens is 282 g/mol. The fourth-order valence-corrected chi connectivity index (χ4v) is 2.38. The average molecular weight is 299 g/mol. The molecule has 0 bridgehead atoms. The predicted octanol–water partition coefficient (Wildman–Crippen LogP) is 1.62. The van der Waals surface area contributed by atoms with Crippen molar-refractivity contribution < 1.29 is 13.6 Å². The fraction of sp³-hybridized carbons (Fsp3) is 0.900. The minimum Gasteiger partial charge on any atom is -0.310 e. The minimum absolute atomic E-state index is 0.0175. The van der Waals surface area contributed by atoms with Gasteiger partial charge >= 0.3 is 0 Å². The molecule has 0 aliphatic carbocycles. The highest BCUT2D eigenvalue weighted by Gasteiger charge is 2.35. The zero-order chi connectivity index (χ0) is 12.2. The quantitative estimate of drug-likeness (QED) is 0.783. The standard InChI is InChI=1S/C10H17BrF2N2O/c1-14-8(9(11)16)3-6-15-5-2-4-10(12,13)7-15/h8,14H,2-7H2,1H3. The van der Waals surface area contributed by atoms with Gasteiger partial charge < -0.3 is 5.32 Å². The molecule has 1 heterocycles. The first-order valence-electron chi connectivity index (χ1n) is 5.41. The van der Waals surface area contributed by atoms with Crippen LogP contribution in [0.25, 0.3) is 0 Å². The van der Waals surface area contributed by atoms with Crippen LogP contribution in [-0.2, 0) is 4.79 Å². The van der Waals surface area contributed by atoms with Crippen LogP contribution in [0.4, 0.5) is 8.78 Å². The van der Waals surface area contributed by atoms with Gasteiger partial charge in [0.2, 0.25) is 4.69 Å². The number of alkyl halides is 2. The number of hydrogen-bond acceptors (Lipinski definition) is 3. The van der Waals surface area contributed by atoms with Crippen LogP contribution in [-0.4, -0.2) is 48.2 Å². The summed E-state index contributed by atoms with van der Waals surface area (Å²) >= 11 is 2.88. The number of carbonyl (C=O) groups excluding carboxylic acids is 1. The molecule has 6 heteroatoms. The second kappa shape index (κ2) is 6.02. The largest absolute Gasteiger partial charge is 0.310 e. The molecule has 94 valence electrons. The van der Waals surface area contributed by atoms with Gasteiger partial charge in [0.1, 0.15) is 0 Å². The smallest absolute Gasteiger partial charge is 0.260 e. The Bertz CT molecular complexity index is 251. The van der Waals surface area contributed by atoms with E-state index >= 15 is 0 Å². The highest BCUT2D eigenvalue weighted by Crippen LogP contribution is 2.26. The molecule has 0 saturated carbocycles. The number of carbonyl (C=O) groups is 1. The number of hydrogen-bond donors (Lipinski definition) is 1. The van der Waals surface area contributed by atoms with Crippen molar-refractivity contribution in [1.82, 2.24) is 10.2 Å². The molecule has 0 spiro atoms. The highest BCUT2D eigenvalue weighted by atomic mass is 79.9. The number of halogens is 3. The summed E-state index contributed by atoms with van der Waals surface area (Å²) < 4.78 is 26.0. The normalized spacial score (nSPS) is 23.0. The third-order valence-corrected chi connectivity index (χ3v) is 3.38. The van der Waals surface area contributed by atoms with E-state index in [1.54, 1.807) is 11.9 Å². The average Bonchev–Trinajstić information content (AvgIpc) is 2.16. The van der Waals surface area contributed by atoms with Gasteiger partial charge in [0.05, 0.1) is 12.6 Å². The number of rotatable bonds is 5. The van der Waals surface area contributed by atoms with Crippen LogP contribution in [0.5, 0.6) is 0 Å². The summed E-state index contributed by atoms with van der Waals surface area (Å²) in [6.45, 7) is 1.04. The van der Waals surface area contributed by atoms with Gasteiger partial charge in [0.25, 0.3) is 5.92 Å². The fourth-order valence-electron chi connectivity index (χ4n) is 1.92. The lowest BCUT2D eigenvalue weighted by molar-refractivity contribution is -0.112. The third-order valence-electron chi connectivity index (χ3n) is 2.83. The predicted molar refractivity (Wildman–Crippen MR) is 62.0 cm³/mol. The van der Waals surface area contributed by atoms with Crippen LogP contribution in [0.2, 0.25) is 0 Å². The molecular formula is C10H17BrF2N2O. The van der Waals surface area contributed by atoms with Crippen molar-refractivity contribution in [2.24, 2.45) is 0 Å². The lowest BCUT2D eigenvalue weighted by Gasteiger charge is -2.32. The second-order valence-corrected chi connectivity index (χ2v) is 4.95. The topological polar surface area (TPSA) is 32.3 Å². The Morgan fingerprint density at radius 1 is 1.62 bits per heavy atom. The summed E-state index contributed by atoms with van der Waals surface area (Å²) in [5, 5.41) is 2.85. The monoisotopic (exact) mass is 298 g/mol. The lowest BCUT2D eigenvalue weighted by Crippen LogP contribution is -2.44. The van der Waals surface area contributed by atoms with E-state index in [4.69, 9.17) is 0 Å². The molecule has 0 aromatic rings. The van der Waals surface area contributed by atoms with Gasteiger partial charge in [-0.25, -0.2) is 8.78 Å². The first-order valence-corrected chi connectivity index (χ1v) is 6.21. The lowest BCUT2D eigenvalue weighted by atomic mass is 10.1. The first kappa shape index (κ1) is 14.0. The summed E-state index contributed by atoms with van der Waals surface area (Å²) in [6, 6.07) is -0.296. The Kier molecular flexibility index (Phi) is 5.27. The number of nitrogens with zero attached hydrogens (tertiary/aromatic N) is 1. The maximum Gasteiger partial charge on any atom is 0.260 e. The maximum atomic E-state index is 13.1. The van der Waals surface area contributed by atoms with E-state index in [1.807, 2.05) is 0 Å². The third kappa shape index (κ3) is 4.43. The Balaban J connectivity index is 2.34. The molecule has 1 fully saturated rings. The van der Waals surface area contributed by atoms with E-state index in [0.717, 1.165) is 0 Å². The molecule has 0 aromatic heterocycles. The van der Waals surface area contributed by atoms with Crippen molar-refractivity contribution in [3.8, 4) is 0 Å². The summed E-state index contributed by atoms with van der Waals surface area (Å²) in [7, 11) is 1.69. The summed E-state index contributed by atoms with van der Waals surface area (Å²) in [6.07, 6.45) is 1.06. The van der Waals surface area contributed by atoms with E-state index in [0.29, 0.717) is 25.9 Å². The van der Waals surface area contributed by atoms with Gasteiger partial charge in [-0.2, -0.15) is 0 Å². The van der Waals surface area contributed by atoms with E-state index in [1.165, 1.54) is 0 Å². The molecule has 1 N–H and O–H groups in total. The number of likely N-dealkylation sites (N-methyl/N-ethyl adjacent to an activating group) is 1. The molecule has 16 heavy (non-hydrogen) atoms. The molecule has 1 rings (SSSR count). The van der Waals surface area contributed by atoms with Crippen LogP contribution in [0.3, 0.4) is 0 Å². The van der Waals surface area contributed by atoms with Crippen molar-refractivity contribution in [3.63, 3.8) is 0 Å². The Labute approximate surface area is 103 Å². The molecule has 0 radical (unpaired) electrons. The first-order chi connectivity index (χ1) is 7.44. The zero-order valence-corrected chi connectivity index (χ0v) is 10.9. The summed E-state index contributed by atoms with van der Waals surface area (Å²) in [5.41, 5.74) is 0. The molecule has 1 aliphatic heterocycles. The van der Waals surface area contributed by atoms with Crippen molar-refractivity contribution in [1.29, 1.82) is 0 Å².